The average molecular weight is 1480 g/mol. The highest BCUT2D eigenvalue weighted by Crippen LogP contribution is 2.58. The Bertz CT molecular complexity index is 3980. The molecule has 542 valence electrons. The van der Waals surface area contributed by atoms with Gasteiger partial charge in [0.25, 0.3) is 0 Å². The number of anilines is 4. The van der Waals surface area contributed by atoms with Crippen molar-refractivity contribution in [1.29, 1.82) is 0 Å². The lowest BCUT2D eigenvalue weighted by atomic mass is 10.1. The second-order valence-electron chi connectivity index (χ2n) is 22.5. The molecule has 10 heterocycles. The maximum absolute atomic E-state index is 14.9. The van der Waals surface area contributed by atoms with Gasteiger partial charge in [-0.05, 0) is 38.6 Å². The van der Waals surface area contributed by atoms with Gasteiger partial charge in [-0.15, -0.1) is 0 Å². The van der Waals surface area contributed by atoms with Gasteiger partial charge in [-0.3, -0.25) is 40.9 Å². The summed E-state index contributed by atoms with van der Waals surface area (Å²) in [4.78, 5) is 80.3. The Labute approximate surface area is 568 Å². The SMILES string of the molecule is COCCO[C@H]1C(OP(=O)(O)OC[C@H]2O[C@@H](n3cc(C)c(N)nc3=O)[C@@H](OCCOC)C2OP(O)(=S)OC[C@H]2O[C@@H](n3cnc4c(N)ncnc43)[C@@H](OCCOC)C2OP(=O)(S)OC[C@H]2O[C@@H](n3cnc4c(N)ccnc43)[C@@H](OCCOC)C2O)[C@@H](C)O[C@H]1n1cc(C)c(N)nc1=O. The number of rotatable bonds is 35. The fraction of sp³-hybridized carbons (Fsp3) is 0.642. The molecule has 4 saturated heterocycles. The lowest BCUT2D eigenvalue weighted by molar-refractivity contribution is -0.0843. The number of aliphatic hydroxyl groups excluding tert-OH is 1. The number of hydrogen-bond donors (Lipinski definition) is 8. The Morgan fingerprint density at radius 1 is 0.551 bits per heavy atom. The third-order valence-electron chi connectivity index (χ3n) is 16.0. The standard InChI is InChI=1S/C53H78N15O25P3S2/c1-26-18-65(52(70)63-43(26)55)49-40(81-15-11-77-5)36(28(3)87-49)91-94(72,73)84-21-31-37(41(82-16-12-78-6)50(89-31)66-19-27(2)44(56)64-53(66)71)92-96(75,98)86-22-32-38(42(83-17-13-79-7)51(90-32)68-25-62-34-45(57)59-23-60-47(34)68)93-95(74,97)85-20-30-35(69)39(80-14-10-76-4)48(88-30)67-24-61-33-29(54)8-9-58-46(33)67/h8-9,18-19,23-25,28,30-32,35-42,48-51,69H,10-17,20-22H2,1-7H3,(H2,54,58)(H,72,73)(H,74,97)(H,75,98)(H2,55,63,70)(H2,56,64,71)(H2,57,59,60)/t28-,30-,31-,32-,35?,36?,37?,38?,39+,40+,41+,42+,48-,49-,50-,51-,95?,96?/m1/s1. The number of hydrogen-bond acceptors (Lipinski definition) is 35. The van der Waals surface area contributed by atoms with E-state index in [-0.39, 0.29) is 81.5 Å². The van der Waals surface area contributed by atoms with Crippen molar-refractivity contribution in [1.82, 2.24) is 53.2 Å². The zero-order chi connectivity index (χ0) is 70.4. The molecule has 45 heteroatoms. The summed E-state index contributed by atoms with van der Waals surface area (Å²) in [5, 5.41) is 11.8. The third kappa shape index (κ3) is 17.3. The molecular formula is C53H78N15O25P3S2. The molecule has 4 fully saturated rings. The van der Waals surface area contributed by atoms with Crippen molar-refractivity contribution < 1.29 is 108 Å². The van der Waals surface area contributed by atoms with Crippen LogP contribution in [0.15, 0.2) is 53.2 Å². The fourth-order valence-electron chi connectivity index (χ4n) is 11.2. The van der Waals surface area contributed by atoms with Gasteiger partial charge >= 0.3 is 32.7 Å². The summed E-state index contributed by atoms with van der Waals surface area (Å²) < 4.78 is 142. The van der Waals surface area contributed by atoms with E-state index in [0.717, 1.165) is 9.13 Å². The molecule has 10 rings (SSSR count). The first-order valence-electron chi connectivity index (χ1n) is 30.2. The van der Waals surface area contributed by atoms with Gasteiger partial charge in [0.1, 0.15) is 96.1 Å². The van der Waals surface area contributed by atoms with E-state index in [9.17, 15) is 33.6 Å². The van der Waals surface area contributed by atoms with Crippen LogP contribution in [0.3, 0.4) is 0 Å². The first-order valence-corrected chi connectivity index (χ1v) is 37.0. The Morgan fingerprint density at radius 2 is 1.01 bits per heavy atom. The number of aryl methyl sites for hydroxylation is 2. The molecule has 4 aliphatic heterocycles. The van der Waals surface area contributed by atoms with Crippen LogP contribution < -0.4 is 34.3 Å². The smallest absolute Gasteiger partial charge is 0.397 e. The second-order valence-corrected chi connectivity index (χ2v) is 29.6. The first-order chi connectivity index (χ1) is 46.8. The molecule has 0 spiro atoms. The van der Waals surface area contributed by atoms with Crippen molar-refractivity contribution in [2.24, 2.45) is 0 Å². The zero-order valence-corrected chi connectivity index (χ0v) is 58.2. The summed E-state index contributed by atoms with van der Waals surface area (Å²) in [6, 6.07) is 1.57. The summed E-state index contributed by atoms with van der Waals surface area (Å²) >= 11 is 10.2. The number of nitrogen functional groups attached to an aromatic ring is 4. The Morgan fingerprint density at radius 3 is 1.57 bits per heavy atom. The highest BCUT2D eigenvalue weighted by Gasteiger charge is 2.56. The summed E-state index contributed by atoms with van der Waals surface area (Å²) in [6.45, 7) is -7.44. The predicted octanol–water partition coefficient (Wildman–Crippen LogP) is 0.388. The van der Waals surface area contributed by atoms with Crippen molar-refractivity contribution in [3.8, 4) is 0 Å². The molecule has 0 saturated carbocycles. The minimum absolute atomic E-state index is 0.00751. The van der Waals surface area contributed by atoms with E-state index in [1.165, 1.54) is 82.1 Å². The van der Waals surface area contributed by atoms with E-state index in [4.69, 9.17) is 119 Å². The molecule has 19 atom stereocenters. The highest BCUT2D eigenvalue weighted by molar-refractivity contribution is 8.44. The molecule has 6 aromatic heterocycles. The Balaban J connectivity index is 0.931. The minimum Gasteiger partial charge on any atom is -0.397 e. The summed E-state index contributed by atoms with van der Waals surface area (Å²) in [5.41, 5.74) is 24.6. The Kier molecular flexibility index (Phi) is 25.3. The fourth-order valence-corrected chi connectivity index (χ4v) is 15.1. The maximum atomic E-state index is 14.9. The molecule has 7 unspecified atom stereocenters. The number of imidazole rings is 2. The number of aliphatic hydroxyl groups is 1. The van der Waals surface area contributed by atoms with Crippen LogP contribution in [0.2, 0.25) is 0 Å². The third-order valence-corrected chi connectivity index (χ3v) is 20.1. The maximum Gasteiger partial charge on any atom is 0.472 e. The summed E-state index contributed by atoms with van der Waals surface area (Å²) in [6.07, 6.45) is -13.8. The van der Waals surface area contributed by atoms with Crippen LogP contribution in [0.5, 0.6) is 0 Å². The van der Waals surface area contributed by atoms with Gasteiger partial charge < -0.3 is 99.2 Å². The topological polar surface area (TPSA) is 509 Å². The number of fused-ring (bicyclic) bond motifs is 2. The van der Waals surface area contributed by atoms with Crippen LogP contribution >= 0.6 is 33.6 Å². The summed E-state index contributed by atoms with van der Waals surface area (Å²) in [5.74, 6) is -0.137. The first kappa shape index (κ1) is 75.4. The number of methoxy groups -OCH3 is 4. The quantitative estimate of drug-likeness (QED) is 0.0151. The molecule has 6 aromatic rings. The van der Waals surface area contributed by atoms with Gasteiger partial charge in [-0.1, -0.05) is 12.2 Å². The largest absolute Gasteiger partial charge is 0.472 e. The molecule has 0 amide bonds. The average Bonchev–Trinajstić information content (AvgIpc) is 1.63. The highest BCUT2D eigenvalue weighted by atomic mass is 32.7. The number of phosphoric acid groups is 1. The number of pyridine rings is 1. The van der Waals surface area contributed by atoms with Crippen molar-refractivity contribution in [3.63, 3.8) is 0 Å². The van der Waals surface area contributed by atoms with Gasteiger partial charge in [0.05, 0.1) is 97.1 Å². The van der Waals surface area contributed by atoms with E-state index < -0.39 is 151 Å². The van der Waals surface area contributed by atoms with Gasteiger partial charge in [0.15, 0.2) is 42.0 Å². The molecule has 0 aromatic carbocycles. The van der Waals surface area contributed by atoms with E-state index in [1.54, 1.807) is 19.9 Å². The van der Waals surface area contributed by atoms with Crippen LogP contribution in [0.1, 0.15) is 43.0 Å². The monoisotopic (exact) mass is 1480 g/mol. The van der Waals surface area contributed by atoms with Crippen LogP contribution in [0, 0.1) is 13.8 Å². The number of aromatic nitrogens is 11. The summed E-state index contributed by atoms with van der Waals surface area (Å²) in [7, 11) is 0.398. The number of nitrogens with zero attached hydrogens (tertiary/aromatic N) is 11. The van der Waals surface area contributed by atoms with Crippen molar-refractivity contribution in [3.05, 3.63) is 75.7 Å². The molecule has 11 N–H and O–H groups in total. The van der Waals surface area contributed by atoms with Crippen LogP contribution in [0.4, 0.5) is 23.1 Å². The molecular weight excluding hydrogens is 1400 g/mol. The number of phosphoric ester groups is 1. The minimum atomic E-state index is -5.32. The molecule has 0 radical (unpaired) electrons. The van der Waals surface area contributed by atoms with E-state index in [2.05, 4.69) is 47.1 Å². The molecule has 0 aliphatic carbocycles. The lowest BCUT2D eigenvalue weighted by Gasteiger charge is -2.30. The van der Waals surface area contributed by atoms with Crippen LogP contribution in [-0.4, -0.2) is 242 Å². The molecule has 40 nitrogen and oxygen atoms in total. The number of thiol groups is 1. The van der Waals surface area contributed by atoms with Gasteiger partial charge in [0.2, 0.25) is 0 Å². The number of ether oxygens (including phenoxy) is 12. The molecule has 98 heavy (non-hydrogen) atoms. The van der Waals surface area contributed by atoms with Gasteiger partial charge in [0, 0.05) is 58.2 Å². The van der Waals surface area contributed by atoms with Crippen molar-refractivity contribution >= 4 is 90.9 Å². The van der Waals surface area contributed by atoms with Crippen LogP contribution in [-0.2, 0) is 105 Å². The van der Waals surface area contributed by atoms with Crippen LogP contribution in [0.25, 0.3) is 22.3 Å². The Hall–Kier alpha value is -5.25. The van der Waals surface area contributed by atoms with Crippen molar-refractivity contribution in [2.75, 3.05) is 124 Å². The molecule has 4 aliphatic rings. The van der Waals surface area contributed by atoms with E-state index in [0.29, 0.717) is 28.0 Å². The van der Waals surface area contributed by atoms with Gasteiger partial charge in [-0.25, -0.2) is 43.6 Å². The number of nitrogens with two attached hydrogens (primary N) is 4. The zero-order valence-electron chi connectivity index (χ0n) is 53.8. The van der Waals surface area contributed by atoms with E-state index in [1.807, 2.05) is 0 Å². The van der Waals surface area contributed by atoms with Crippen molar-refractivity contribution in [2.45, 2.75) is 119 Å². The molecule has 0 bridgehead atoms. The second kappa shape index (κ2) is 32.8. The predicted molar refractivity (Wildman–Crippen MR) is 346 cm³/mol. The van der Waals surface area contributed by atoms with E-state index >= 15 is 0 Å². The lowest BCUT2D eigenvalue weighted by Crippen LogP contribution is -2.41. The van der Waals surface area contributed by atoms with Gasteiger partial charge in [-0.2, -0.15) is 9.97 Å². The normalized spacial score (nSPS) is 29.2.